The third-order valence-electron chi connectivity index (χ3n) is 3.28. The minimum absolute atomic E-state index is 0.00103. The molecule has 2 atom stereocenters. The number of rotatable bonds is 4. The first-order valence-corrected chi connectivity index (χ1v) is 5.77. The van der Waals surface area contributed by atoms with Crippen LogP contribution in [-0.4, -0.2) is 36.8 Å². The van der Waals surface area contributed by atoms with Crippen LogP contribution < -0.4 is 10.6 Å². The summed E-state index contributed by atoms with van der Waals surface area (Å²) in [6.45, 7) is 5.63. The van der Waals surface area contributed by atoms with Crippen LogP contribution in [0.2, 0.25) is 0 Å². The Morgan fingerprint density at radius 3 is 2.87 bits per heavy atom. The van der Waals surface area contributed by atoms with Gasteiger partial charge in [-0.15, -0.1) is 0 Å². The summed E-state index contributed by atoms with van der Waals surface area (Å²) >= 11 is 0. The Morgan fingerprint density at radius 1 is 1.67 bits per heavy atom. The molecule has 0 aromatic heterocycles. The molecule has 0 bridgehead atoms. The van der Waals surface area contributed by atoms with Gasteiger partial charge in [-0.2, -0.15) is 0 Å². The van der Waals surface area contributed by atoms with Crippen molar-refractivity contribution >= 4 is 5.91 Å². The molecule has 1 rings (SSSR count). The molecule has 1 fully saturated rings. The monoisotopic (exact) mass is 214 g/mol. The van der Waals surface area contributed by atoms with E-state index in [0.29, 0.717) is 0 Å². The van der Waals surface area contributed by atoms with E-state index >= 15 is 0 Å². The molecular weight excluding hydrogens is 192 g/mol. The summed E-state index contributed by atoms with van der Waals surface area (Å²) in [5.74, 6) is 0.0822. The summed E-state index contributed by atoms with van der Waals surface area (Å²) in [5.41, 5.74) is -0.262. The number of carbonyl (C=O) groups is 1. The fourth-order valence-electron chi connectivity index (χ4n) is 2.05. The molecule has 3 N–H and O–H groups in total. The number of amides is 1. The van der Waals surface area contributed by atoms with Gasteiger partial charge in [-0.3, -0.25) is 4.79 Å². The Labute approximate surface area is 91.4 Å². The zero-order valence-electron chi connectivity index (χ0n) is 9.68. The lowest BCUT2D eigenvalue weighted by Gasteiger charge is -2.36. The van der Waals surface area contributed by atoms with Gasteiger partial charge in [0.05, 0.1) is 12.0 Å². The van der Waals surface area contributed by atoms with Crippen LogP contribution >= 0.6 is 0 Å². The molecule has 1 saturated heterocycles. The van der Waals surface area contributed by atoms with Gasteiger partial charge in [0.25, 0.3) is 0 Å². The Hall–Kier alpha value is -0.610. The number of aliphatic hydroxyl groups excluding tert-OH is 1. The first-order valence-electron chi connectivity index (χ1n) is 5.77. The van der Waals surface area contributed by atoms with Gasteiger partial charge in [-0.25, -0.2) is 0 Å². The van der Waals surface area contributed by atoms with E-state index in [9.17, 15) is 4.79 Å². The van der Waals surface area contributed by atoms with Crippen molar-refractivity contribution in [2.45, 2.75) is 39.2 Å². The number of hydrogen-bond acceptors (Lipinski definition) is 3. The van der Waals surface area contributed by atoms with Crippen LogP contribution in [0.4, 0.5) is 0 Å². The third kappa shape index (κ3) is 2.92. The zero-order chi connectivity index (χ0) is 11.3. The van der Waals surface area contributed by atoms with Crippen LogP contribution in [0.3, 0.4) is 0 Å². The van der Waals surface area contributed by atoms with E-state index in [-0.39, 0.29) is 24.0 Å². The normalized spacial score (nSPS) is 28.5. The van der Waals surface area contributed by atoms with E-state index < -0.39 is 0 Å². The summed E-state index contributed by atoms with van der Waals surface area (Å²) < 4.78 is 0. The van der Waals surface area contributed by atoms with Crippen molar-refractivity contribution in [1.82, 2.24) is 10.6 Å². The van der Waals surface area contributed by atoms with Gasteiger partial charge in [-0.1, -0.05) is 6.92 Å². The van der Waals surface area contributed by atoms with Crippen molar-refractivity contribution in [2.24, 2.45) is 5.41 Å². The molecule has 0 spiro atoms. The highest BCUT2D eigenvalue weighted by Gasteiger charge is 2.37. The molecule has 1 aliphatic rings. The predicted octanol–water partition coefficient (Wildman–Crippen LogP) is 0.263. The van der Waals surface area contributed by atoms with Gasteiger partial charge in [0.15, 0.2) is 0 Å². The highest BCUT2D eigenvalue weighted by atomic mass is 16.3. The second kappa shape index (κ2) is 5.47. The predicted molar refractivity (Wildman–Crippen MR) is 59.5 cm³/mol. The number of piperidine rings is 1. The van der Waals surface area contributed by atoms with Crippen molar-refractivity contribution in [1.29, 1.82) is 0 Å². The second-order valence-electron chi connectivity index (χ2n) is 4.47. The minimum atomic E-state index is -0.262. The van der Waals surface area contributed by atoms with Gasteiger partial charge in [0.2, 0.25) is 5.91 Å². The van der Waals surface area contributed by atoms with E-state index in [4.69, 9.17) is 5.11 Å². The van der Waals surface area contributed by atoms with Crippen molar-refractivity contribution in [3.8, 4) is 0 Å². The van der Waals surface area contributed by atoms with E-state index in [1.165, 1.54) is 0 Å². The molecule has 0 aromatic rings. The Kier molecular flexibility index (Phi) is 4.54. The molecule has 4 heteroatoms. The van der Waals surface area contributed by atoms with Crippen LogP contribution in [0.5, 0.6) is 0 Å². The van der Waals surface area contributed by atoms with Crippen LogP contribution in [0.15, 0.2) is 0 Å². The van der Waals surface area contributed by atoms with Crippen molar-refractivity contribution < 1.29 is 9.90 Å². The first-order chi connectivity index (χ1) is 7.14. The molecule has 0 aromatic carbocycles. The minimum Gasteiger partial charge on any atom is -0.394 e. The Balaban J connectivity index is 2.59. The smallest absolute Gasteiger partial charge is 0.227 e. The highest BCUT2D eigenvalue weighted by Crippen LogP contribution is 2.30. The number of nitrogens with one attached hydrogen (secondary N) is 2. The lowest BCUT2D eigenvalue weighted by Crippen LogP contribution is -2.52. The number of hydrogen-bond donors (Lipinski definition) is 3. The van der Waals surface area contributed by atoms with Gasteiger partial charge in [-0.05, 0) is 32.7 Å². The summed E-state index contributed by atoms with van der Waals surface area (Å²) in [4.78, 5) is 12.1. The first kappa shape index (κ1) is 12.5. The van der Waals surface area contributed by atoms with Crippen molar-refractivity contribution in [2.75, 3.05) is 19.7 Å². The summed E-state index contributed by atoms with van der Waals surface area (Å²) in [7, 11) is 0. The topological polar surface area (TPSA) is 61.4 Å². The largest absolute Gasteiger partial charge is 0.394 e. The third-order valence-corrected chi connectivity index (χ3v) is 3.28. The summed E-state index contributed by atoms with van der Waals surface area (Å²) in [5, 5.41) is 15.0. The molecule has 4 nitrogen and oxygen atoms in total. The van der Waals surface area contributed by atoms with Gasteiger partial charge in [0, 0.05) is 12.6 Å². The van der Waals surface area contributed by atoms with E-state index in [0.717, 1.165) is 32.4 Å². The highest BCUT2D eigenvalue weighted by molar-refractivity contribution is 5.83. The fraction of sp³-hybridized carbons (Fsp3) is 0.909. The van der Waals surface area contributed by atoms with Gasteiger partial charge in [0.1, 0.15) is 0 Å². The molecule has 0 saturated carbocycles. The quantitative estimate of drug-likeness (QED) is 0.629. The van der Waals surface area contributed by atoms with Crippen LogP contribution in [0, 0.1) is 5.41 Å². The maximum atomic E-state index is 12.1. The number of carbonyl (C=O) groups excluding carboxylic acids is 1. The lowest BCUT2D eigenvalue weighted by atomic mass is 9.77. The Morgan fingerprint density at radius 2 is 2.40 bits per heavy atom. The summed E-state index contributed by atoms with van der Waals surface area (Å²) in [6, 6.07) is -0.150. The molecule has 0 radical (unpaired) electrons. The van der Waals surface area contributed by atoms with Crippen LogP contribution in [-0.2, 0) is 4.79 Å². The molecule has 1 amide bonds. The average Bonchev–Trinajstić information content (AvgIpc) is 2.29. The standard InChI is InChI=1S/C11H22N2O2/c1-3-11(5-4-6-12-8-11)10(15)13-9(2)7-14/h9,12,14H,3-8H2,1-2H3,(H,13,15). The molecule has 2 unspecified atom stereocenters. The Bertz CT molecular complexity index is 213. The fourth-order valence-corrected chi connectivity index (χ4v) is 2.05. The van der Waals surface area contributed by atoms with Gasteiger partial charge < -0.3 is 15.7 Å². The van der Waals surface area contributed by atoms with Crippen LogP contribution in [0.25, 0.3) is 0 Å². The summed E-state index contributed by atoms with van der Waals surface area (Å²) in [6.07, 6.45) is 2.85. The molecular formula is C11H22N2O2. The molecule has 1 heterocycles. The molecule has 1 aliphatic heterocycles. The van der Waals surface area contributed by atoms with Gasteiger partial charge >= 0.3 is 0 Å². The lowest BCUT2D eigenvalue weighted by molar-refractivity contribution is -0.133. The van der Waals surface area contributed by atoms with Crippen LogP contribution in [0.1, 0.15) is 33.1 Å². The average molecular weight is 214 g/mol. The van der Waals surface area contributed by atoms with E-state index in [1.54, 1.807) is 0 Å². The molecule has 88 valence electrons. The maximum absolute atomic E-state index is 12.1. The number of aliphatic hydroxyl groups is 1. The second-order valence-corrected chi connectivity index (χ2v) is 4.47. The van der Waals surface area contributed by atoms with Crippen molar-refractivity contribution in [3.05, 3.63) is 0 Å². The zero-order valence-corrected chi connectivity index (χ0v) is 9.68. The molecule has 15 heavy (non-hydrogen) atoms. The molecule has 0 aliphatic carbocycles. The maximum Gasteiger partial charge on any atom is 0.227 e. The van der Waals surface area contributed by atoms with E-state index in [2.05, 4.69) is 17.6 Å². The van der Waals surface area contributed by atoms with Crippen molar-refractivity contribution in [3.63, 3.8) is 0 Å². The van der Waals surface area contributed by atoms with E-state index in [1.807, 2.05) is 6.92 Å². The SMILES string of the molecule is CCC1(C(=O)NC(C)CO)CCCNC1.